The van der Waals surface area contributed by atoms with Crippen molar-refractivity contribution in [3.8, 4) is 0 Å². The maximum atomic E-state index is 12.6. The fourth-order valence-corrected chi connectivity index (χ4v) is 3.82. The van der Waals surface area contributed by atoms with Gasteiger partial charge in [-0.25, -0.2) is 0 Å². The zero-order valence-electron chi connectivity index (χ0n) is 13.2. The molecule has 1 aliphatic heterocycles. The van der Waals surface area contributed by atoms with E-state index in [0.717, 1.165) is 25.9 Å². The summed E-state index contributed by atoms with van der Waals surface area (Å²) in [6.07, 6.45) is 2.13. The largest absolute Gasteiger partial charge is 0.389 e. The van der Waals surface area contributed by atoms with Crippen molar-refractivity contribution in [3.05, 3.63) is 22.4 Å². The molecule has 0 bridgehead atoms. The highest BCUT2D eigenvalue weighted by molar-refractivity contribution is 7.10. The van der Waals surface area contributed by atoms with E-state index in [1.165, 1.54) is 4.88 Å². The van der Waals surface area contributed by atoms with Crippen molar-refractivity contribution in [2.24, 2.45) is 0 Å². The molecular formula is C16H26N2O2S. The Morgan fingerprint density at radius 1 is 1.57 bits per heavy atom. The lowest BCUT2D eigenvalue weighted by atomic mass is 10.1. The molecule has 0 radical (unpaired) electrons. The quantitative estimate of drug-likeness (QED) is 0.878. The summed E-state index contributed by atoms with van der Waals surface area (Å²) in [6.45, 7) is 8.12. The highest BCUT2D eigenvalue weighted by Crippen LogP contribution is 2.34. The van der Waals surface area contributed by atoms with Gasteiger partial charge in [-0.3, -0.25) is 9.69 Å². The number of amides is 1. The smallest absolute Gasteiger partial charge is 0.237 e. The Morgan fingerprint density at radius 3 is 2.90 bits per heavy atom. The van der Waals surface area contributed by atoms with Crippen molar-refractivity contribution in [2.75, 3.05) is 26.2 Å². The summed E-state index contributed by atoms with van der Waals surface area (Å²) in [6, 6.07) is 4.42. The third-order valence-corrected chi connectivity index (χ3v) is 4.83. The average molecular weight is 310 g/mol. The molecule has 1 aromatic heterocycles. The van der Waals surface area contributed by atoms with Crippen LogP contribution >= 0.6 is 11.3 Å². The van der Waals surface area contributed by atoms with Crippen LogP contribution in [0.5, 0.6) is 0 Å². The van der Waals surface area contributed by atoms with E-state index in [1.807, 2.05) is 22.8 Å². The van der Waals surface area contributed by atoms with Gasteiger partial charge >= 0.3 is 0 Å². The summed E-state index contributed by atoms with van der Waals surface area (Å²) in [5.74, 6) is 0.178. The third kappa shape index (κ3) is 4.53. The molecule has 4 nitrogen and oxygen atoms in total. The van der Waals surface area contributed by atoms with Crippen molar-refractivity contribution in [3.63, 3.8) is 0 Å². The first-order valence-electron chi connectivity index (χ1n) is 7.68. The van der Waals surface area contributed by atoms with Gasteiger partial charge in [-0.15, -0.1) is 11.3 Å². The fraction of sp³-hybridized carbons (Fsp3) is 0.688. The minimum Gasteiger partial charge on any atom is -0.389 e. The van der Waals surface area contributed by atoms with E-state index >= 15 is 0 Å². The number of nitrogens with zero attached hydrogens (tertiary/aromatic N) is 2. The third-order valence-electron chi connectivity index (χ3n) is 3.86. The van der Waals surface area contributed by atoms with Crippen molar-refractivity contribution >= 4 is 17.2 Å². The number of thiophene rings is 1. The summed E-state index contributed by atoms with van der Waals surface area (Å²) in [5.41, 5.74) is -0.769. The van der Waals surface area contributed by atoms with E-state index in [4.69, 9.17) is 0 Å². The molecule has 1 amide bonds. The Bertz CT molecular complexity index is 453. The SMILES string of the molecule is CCN(CC(=O)N1CCCC1c1cccs1)CC(C)(C)O. The molecule has 0 spiro atoms. The maximum Gasteiger partial charge on any atom is 0.237 e. The number of hydrogen-bond donors (Lipinski definition) is 1. The van der Waals surface area contributed by atoms with E-state index < -0.39 is 5.60 Å². The summed E-state index contributed by atoms with van der Waals surface area (Å²) in [7, 11) is 0. The van der Waals surface area contributed by atoms with Crippen molar-refractivity contribution in [1.82, 2.24) is 9.80 Å². The van der Waals surface area contributed by atoms with Gasteiger partial charge in [0.15, 0.2) is 0 Å². The van der Waals surface area contributed by atoms with Gasteiger partial charge in [0.2, 0.25) is 5.91 Å². The zero-order chi connectivity index (χ0) is 15.5. The number of likely N-dealkylation sites (tertiary alicyclic amines) is 1. The molecule has 1 aliphatic rings. The van der Waals surface area contributed by atoms with Crippen LogP contribution < -0.4 is 0 Å². The minimum absolute atomic E-state index is 0.178. The second-order valence-electron chi connectivity index (χ2n) is 6.38. The van der Waals surface area contributed by atoms with Crippen LogP contribution in [0.1, 0.15) is 44.5 Å². The first-order valence-corrected chi connectivity index (χ1v) is 8.56. The summed E-state index contributed by atoms with van der Waals surface area (Å²) in [4.78, 5) is 17.9. The van der Waals surface area contributed by atoms with Gasteiger partial charge in [0, 0.05) is 18.0 Å². The molecule has 0 aromatic carbocycles. The molecule has 1 fully saturated rings. The van der Waals surface area contributed by atoms with Crippen molar-refractivity contribution in [1.29, 1.82) is 0 Å². The first-order chi connectivity index (χ1) is 9.90. The normalized spacial score (nSPS) is 19.5. The second-order valence-corrected chi connectivity index (χ2v) is 7.36. The number of hydrogen-bond acceptors (Lipinski definition) is 4. The van der Waals surface area contributed by atoms with Crippen LogP contribution in [-0.4, -0.2) is 52.6 Å². The lowest BCUT2D eigenvalue weighted by molar-refractivity contribution is -0.133. The number of rotatable bonds is 6. The van der Waals surface area contributed by atoms with E-state index in [9.17, 15) is 9.90 Å². The molecule has 0 aliphatic carbocycles. The van der Waals surface area contributed by atoms with E-state index in [2.05, 4.69) is 11.4 Å². The molecule has 1 saturated heterocycles. The lowest BCUT2D eigenvalue weighted by Gasteiger charge is -2.30. The molecule has 118 valence electrons. The monoisotopic (exact) mass is 310 g/mol. The maximum absolute atomic E-state index is 12.6. The number of carbonyl (C=O) groups excluding carboxylic acids is 1. The Labute approximate surface area is 131 Å². The van der Waals surface area contributed by atoms with Gasteiger partial charge < -0.3 is 10.0 Å². The van der Waals surface area contributed by atoms with Gasteiger partial charge in [0.05, 0.1) is 18.2 Å². The van der Waals surface area contributed by atoms with Crippen LogP contribution in [0.4, 0.5) is 0 Å². The van der Waals surface area contributed by atoms with Gasteiger partial charge in [0.25, 0.3) is 0 Å². The van der Waals surface area contributed by atoms with Crippen LogP contribution in [0.15, 0.2) is 17.5 Å². The number of carbonyl (C=O) groups is 1. The fourth-order valence-electron chi connectivity index (χ4n) is 2.95. The van der Waals surface area contributed by atoms with Crippen LogP contribution in [0, 0.1) is 0 Å². The second kappa shape index (κ2) is 6.90. The molecule has 1 aromatic rings. The van der Waals surface area contributed by atoms with Crippen molar-refractivity contribution in [2.45, 2.75) is 45.3 Å². The average Bonchev–Trinajstić information content (AvgIpc) is 3.06. The van der Waals surface area contributed by atoms with E-state index in [-0.39, 0.29) is 11.9 Å². The Morgan fingerprint density at radius 2 is 2.33 bits per heavy atom. The van der Waals surface area contributed by atoms with Crippen LogP contribution in [0.2, 0.25) is 0 Å². The first kappa shape index (κ1) is 16.5. The highest BCUT2D eigenvalue weighted by Gasteiger charge is 2.31. The Kier molecular flexibility index (Phi) is 5.41. The Hall–Kier alpha value is -0.910. The topological polar surface area (TPSA) is 43.8 Å². The van der Waals surface area contributed by atoms with E-state index in [0.29, 0.717) is 13.1 Å². The van der Waals surface area contributed by atoms with Gasteiger partial charge in [-0.2, -0.15) is 0 Å². The number of likely N-dealkylation sites (N-methyl/N-ethyl adjacent to an activating group) is 1. The van der Waals surface area contributed by atoms with Crippen LogP contribution in [0.25, 0.3) is 0 Å². The minimum atomic E-state index is -0.769. The standard InChI is InChI=1S/C16H26N2O2S/c1-4-17(12-16(2,3)20)11-15(19)18-9-5-7-13(18)14-8-6-10-21-14/h6,8,10,13,20H,4-5,7,9,11-12H2,1-3H3. The molecular weight excluding hydrogens is 284 g/mol. The summed E-state index contributed by atoms with van der Waals surface area (Å²) >= 11 is 1.73. The van der Waals surface area contributed by atoms with Gasteiger partial charge in [-0.05, 0) is 44.7 Å². The van der Waals surface area contributed by atoms with Crippen LogP contribution in [0.3, 0.4) is 0 Å². The Balaban J connectivity index is 1.98. The zero-order valence-corrected chi connectivity index (χ0v) is 14.0. The molecule has 21 heavy (non-hydrogen) atoms. The molecule has 2 rings (SSSR count). The predicted octanol–water partition coefficient (Wildman–Crippen LogP) is 2.50. The van der Waals surface area contributed by atoms with Gasteiger partial charge in [0.1, 0.15) is 0 Å². The molecule has 0 saturated carbocycles. The van der Waals surface area contributed by atoms with Crippen molar-refractivity contribution < 1.29 is 9.90 Å². The van der Waals surface area contributed by atoms with Gasteiger partial charge in [-0.1, -0.05) is 13.0 Å². The van der Waals surface area contributed by atoms with E-state index in [1.54, 1.807) is 25.2 Å². The lowest BCUT2D eigenvalue weighted by Crippen LogP contribution is -2.45. The molecule has 1 atom stereocenters. The molecule has 2 heterocycles. The summed E-state index contributed by atoms with van der Waals surface area (Å²) < 4.78 is 0. The molecule has 1 unspecified atom stereocenters. The molecule has 5 heteroatoms. The highest BCUT2D eigenvalue weighted by atomic mass is 32.1. The van der Waals surface area contributed by atoms with Crippen LogP contribution in [-0.2, 0) is 4.79 Å². The molecule has 1 N–H and O–H groups in total. The number of aliphatic hydroxyl groups is 1. The predicted molar refractivity (Wildman–Crippen MR) is 86.4 cm³/mol. The summed E-state index contributed by atoms with van der Waals surface area (Å²) in [5, 5.41) is 12.0.